The van der Waals surface area contributed by atoms with Gasteiger partial charge in [-0.2, -0.15) is 0 Å². The van der Waals surface area contributed by atoms with Crippen LogP contribution in [0.5, 0.6) is 5.75 Å². The first-order valence-electron chi connectivity index (χ1n) is 11.6. The summed E-state index contributed by atoms with van der Waals surface area (Å²) in [6.45, 7) is 8.12. The molecule has 0 saturated heterocycles. The highest BCUT2D eigenvalue weighted by Crippen LogP contribution is 2.24. The van der Waals surface area contributed by atoms with Crippen molar-refractivity contribution < 1.29 is 9.53 Å². The maximum atomic E-state index is 13.7. The molecule has 35 heavy (non-hydrogen) atoms. The maximum Gasteiger partial charge on any atom is 0.266 e. The number of amides is 1. The number of rotatable bonds is 7. The zero-order valence-electron chi connectivity index (χ0n) is 20.3. The molecule has 0 N–H and O–H groups in total. The number of nitrogens with zero attached hydrogens (tertiary/aromatic N) is 3. The van der Waals surface area contributed by atoms with Gasteiger partial charge in [-0.05, 0) is 87.4 Å². The Bertz CT molecular complexity index is 1430. The van der Waals surface area contributed by atoms with E-state index in [2.05, 4.69) is 0 Å². The van der Waals surface area contributed by atoms with Gasteiger partial charge in [-0.15, -0.1) is 0 Å². The van der Waals surface area contributed by atoms with Gasteiger partial charge in [-0.1, -0.05) is 29.8 Å². The van der Waals surface area contributed by atoms with E-state index in [4.69, 9.17) is 21.3 Å². The Labute approximate surface area is 209 Å². The Morgan fingerprint density at radius 1 is 1.06 bits per heavy atom. The normalized spacial score (nSPS) is 11.9. The Kier molecular flexibility index (Phi) is 7.22. The highest BCUT2D eigenvalue weighted by atomic mass is 35.5. The van der Waals surface area contributed by atoms with E-state index in [0.717, 1.165) is 16.8 Å². The van der Waals surface area contributed by atoms with Gasteiger partial charge >= 0.3 is 0 Å². The molecule has 0 aliphatic heterocycles. The van der Waals surface area contributed by atoms with Crippen LogP contribution in [0.1, 0.15) is 36.8 Å². The summed E-state index contributed by atoms with van der Waals surface area (Å²) in [4.78, 5) is 33.4. The molecule has 7 heteroatoms. The molecule has 0 bridgehead atoms. The lowest BCUT2D eigenvalue weighted by molar-refractivity contribution is -0.135. The maximum absolute atomic E-state index is 13.7. The highest BCUT2D eigenvalue weighted by Gasteiger charge is 2.26. The number of aryl methyl sites for hydroxylation is 2. The van der Waals surface area contributed by atoms with Crippen LogP contribution in [0, 0.1) is 13.8 Å². The van der Waals surface area contributed by atoms with Gasteiger partial charge in [0.25, 0.3) is 11.5 Å². The van der Waals surface area contributed by atoms with Gasteiger partial charge in [0.1, 0.15) is 11.6 Å². The number of hydrogen-bond donors (Lipinski definition) is 0. The second-order valence-electron chi connectivity index (χ2n) is 8.49. The van der Waals surface area contributed by atoms with E-state index in [1.807, 2.05) is 64.1 Å². The minimum atomic E-state index is -0.472. The lowest BCUT2D eigenvalue weighted by Gasteiger charge is -2.29. The minimum absolute atomic E-state index is 0.138. The fraction of sp³-hybridized carbons (Fsp3) is 0.250. The molecule has 1 aromatic heterocycles. The molecule has 0 saturated carbocycles. The van der Waals surface area contributed by atoms with Gasteiger partial charge in [0.15, 0.2) is 6.61 Å². The topological polar surface area (TPSA) is 64.4 Å². The van der Waals surface area contributed by atoms with Gasteiger partial charge in [-0.25, -0.2) is 4.98 Å². The van der Waals surface area contributed by atoms with Crippen LogP contribution in [0.4, 0.5) is 0 Å². The van der Waals surface area contributed by atoms with Crippen LogP contribution in [0.3, 0.4) is 0 Å². The molecule has 180 valence electrons. The Morgan fingerprint density at radius 3 is 2.46 bits per heavy atom. The number of hydrogen-bond acceptors (Lipinski definition) is 4. The Hall–Kier alpha value is -3.64. The number of carbonyl (C=O) groups is 1. The summed E-state index contributed by atoms with van der Waals surface area (Å²) >= 11 is 5.93. The lowest BCUT2D eigenvalue weighted by atomic mass is 10.1. The number of para-hydroxylation sites is 1. The molecule has 0 fully saturated rings. The summed E-state index contributed by atoms with van der Waals surface area (Å²) in [5.74, 6) is 0.852. The van der Waals surface area contributed by atoms with Crippen LogP contribution in [0.2, 0.25) is 5.02 Å². The van der Waals surface area contributed by atoms with Crippen LogP contribution >= 0.6 is 11.6 Å². The molecule has 6 nitrogen and oxygen atoms in total. The second-order valence-corrected chi connectivity index (χ2v) is 8.93. The summed E-state index contributed by atoms with van der Waals surface area (Å²) < 4.78 is 7.31. The molecule has 1 heterocycles. The van der Waals surface area contributed by atoms with Crippen molar-refractivity contribution in [2.75, 3.05) is 13.2 Å². The molecule has 0 aliphatic carbocycles. The molecule has 0 spiro atoms. The predicted octanol–water partition coefficient (Wildman–Crippen LogP) is 5.64. The summed E-state index contributed by atoms with van der Waals surface area (Å²) in [5.41, 5.74) is 3.36. The third kappa shape index (κ3) is 5.08. The number of ether oxygens (including phenoxy) is 1. The molecular formula is C28H28ClN3O3. The van der Waals surface area contributed by atoms with E-state index in [9.17, 15) is 9.59 Å². The van der Waals surface area contributed by atoms with Crippen molar-refractivity contribution >= 4 is 28.4 Å². The first kappa shape index (κ1) is 24.5. The quantitative estimate of drug-likeness (QED) is 0.337. The van der Waals surface area contributed by atoms with E-state index in [0.29, 0.717) is 34.0 Å². The number of fused-ring (bicyclic) bond motifs is 1. The summed E-state index contributed by atoms with van der Waals surface area (Å²) in [6.07, 6.45) is 0. The predicted molar refractivity (Wildman–Crippen MR) is 140 cm³/mol. The van der Waals surface area contributed by atoms with Crippen LogP contribution < -0.4 is 10.3 Å². The second kappa shape index (κ2) is 10.3. The summed E-state index contributed by atoms with van der Waals surface area (Å²) in [7, 11) is 0. The molecule has 3 aromatic carbocycles. The zero-order chi connectivity index (χ0) is 25.1. The summed E-state index contributed by atoms with van der Waals surface area (Å²) in [5, 5.41) is 1.13. The standard InChI is InChI=1S/C28H28ClN3O3/c1-5-31(26(33)17-35-23-14-11-21(29)12-15-23)20(4)27-30-25-9-7-6-8-24(25)28(34)32(27)22-13-10-18(2)19(3)16-22/h6-16,20H,5,17H2,1-4H3. The van der Waals surface area contributed by atoms with Crippen molar-refractivity contribution in [1.82, 2.24) is 14.5 Å². The Morgan fingerprint density at radius 2 is 1.77 bits per heavy atom. The zero-order valence-corrected chi connectivity index (χ0v) is 21.0. The van der Waals surface area contributed by atoms with E-state index in [-0.39, 0.29) is 18.1 Å². The average Bonchev–Trinajstić information content (AvgIpc) is 2.86. The number of benzene rings is 3. The van der Waals surface area contributed by atoms with Gasteiger partial charge in [-0.3, -0.25) is 14.2 Å². The monoisotopic (exact) mass is 489 g/mol. The highest BCUT2D eigenvalue weighted by molar-refractivity contribution is 6.30. The van der Waals surface area contributed by atoms with E-state index in [1.54, 1.807) is 39.8 Å². The average molecular weight is 490 g/mol. The first-order valence-corrected chi connectivity index (χ1v) is 11.9. The van der Waals surface area contributed by atoms with Crippen molar-refractivity contribution in [3.8, 4) is 11.4 Å². The molecular weight excluding hydrogens is 462 g/mol. The molecule has 1 amide bonds. The van der Waals surface area contributed by atoms with E-state index in [1.165, 1.54) is 0 Å². The van der Waals surface area contributed by atoms with Crippen molar-refractivity contribution in [1.29, 1.82) is 0 Å². The number of carbonyl (C=O) groups excluding carboxylic acids is 1. The third-order valence-corrected chi connectivity index (χ3v) is 6.48. The summed E-state index contributed by atoms with van der Waals surface area (Å²) in [6, 6.07) is 19.5. The molecule has 1 unspecified atom stereocenters. The van der Waals surface area contributed by atoms with Crippen LogP contribution in [-0.4, -0.2) is 33.5 Å². The third-order valence-electron chi connectivity index (χ3n) is 6.23. The molecule has 1 atom stereocenters. The van der Waals surface area contributed by atoms with Crippen LogP contribution in [-0.2, 0) is 4.79 Å². The van der Waals surface area contributed by atoms with Gasteiger partial charge in [0, 0.05) is 11.6 Å². The van der Waals surface area contributed by atoms with Crippen molar-refractivity contribution in [3.63, 3.8) is 0 Å². The SMILES string of the molecule is CCN(C(=O)COc1ccc(Cl)cc1)C(C)c1nc2ccccc2c(=O)n1-c1ccc(C)c(C)c1. The van der Waals surface area contributed by atoms with E-state index >= 15 is 0 Å². The number of aromatic nitrogens is 2. The van der Waals surface area contributed by atoms with Crippen molar-refractivity contribution in [2.24, 2.45) is 0 Å². The van der Waals surface area contributed by atoms with E-state index < -0.39 is 6.04 Å². The molecule has 4 rings (SSSR count). The van der Waals surface area contributed by atoms with Gasteiger partial charge in [0.2, 0.25) is 0 Å². The van der Waals surface area contributed by atoms with Crippen molar-refractivity contribution in [3.05, 3.63) is 99.1 Å². The number of likely N-dealkylation sites (N-methyl/N-ethyl adjacent to an activating group) is 1. The fourth-order valence-electron chi connectivity index (χ4n) is 4.11. The fourth-order valence-corrected chi connectivity index (χ4v) is 4.23. The molecule has 0 radical (unpaired) electrons. The minimum Gasteiger partial charge on any atom is -0.484 e. The van der Waals surface area contributed by atoms with Crippen molar-refractivity contribution in [2.45, 2.75) is 33.7 Å². The number of halogens is 1. The smallest absolute Gasteiger partial charge is 0.266 e. The van der Waals surface area contributed by atoms with Gasteiger partial charge < -0.3 is 9.64 Å². The largest absolute Gasteiger partial charge is 0.484 e. The molecule has 4 aromatic rings. The van der Waals surface area contributed by atoms with Gasteiger partial charge in [0.05, 0.1) is 22.6 Å². The first-order chi connectivity index (χ1) is 16.8. The van der Waals surface area contributed by atoms with Crippen LogP contribution in [0.25, 0.3) is 16.6 Å². The molecule has 0 aliphatic rings. The lowest BCUT2D eigenvalue weighted by Crippen LogP contribution is -2.39. The van der Waals surface area contributed by atoms with Crippen LogP contribution in [0.15, 0.2) is 71.5 Å². The Balaban J connectivity index is 1.74.